The molecule has 0 aliphatic rings. The van der Waals surface area contributed by atoms with Crippen LogP contribution in [0.3, 0.4) is 0 Å². The first-order chi connectivity index (χ1) is 6.77. The molecule has 0 fully saturated rings. The standard InChI is InChI=1S/C8H19NO.C5H13N/c1-7(2,3)9-10-8(4,5)6;1-5(2,3)6-4/h9H,1-6H3;6H,1-4H3. The molecular formula is C13H32N2O. The van der Waals surface area contributed by atoms with Crippen molar-refractivity contribution in [3.63, 3.8) is 0 Å². The van der Waals surface area contributed by atoms with E-state index >= 15 is 0 Å². The summed E-state index contributed by atoms with van der Waals surface area (Å²) < 4.78 is 0. The van der Waals surface area contributed by atoms with Crippen LogP contribution in [0.15, 0.2) is 0 Å². The van der Waals surface area contributed by atoms with E-state index in [1.54, 1.807) is 0 Å². The van der Waals surface area contributed by atoms with Gasteiger partial charge >= 0.3 is 0 Å². The molecule has 0 aliphatic heterocycles. The molecule has 0 spiro atoms. The first kappa shape index (κ1) is 18.3. The number of rotatable bonds is 1. The minimum absolute atomic E-state index is 0.0350. The van der Waals surface area contributed by atoms with E-state index in [2.05, 4.69) is 52.3 Å². The fraction of sp³-hybridized carbons (Fsp3) is 1.00. The quantitative estimate of drug-likeness (QED) is 0.682. The Balaban J connectivity index is 0. The zero-order valence-corrected chi connectivity index (χ0v) is 12.9. The predicted molar refractivity (Wildman–Crippen MR) is 72.5 cm³/mol. The molecule has 0 aromatic carbocycles. The summed E-state index contributed by atoms with van der Waals surface area (Å²) in [6.07, 6.45) is 0. The summed E-state index contributed by atoms with van der Waals surface area (Å²) in [7, 11) is 1.96. The van der Waals surface area contributed by atoms with Gasteiger partial charge in [0.2, 0.25) is 0 Å². The molecule has 0 atom stereocenters. The Morgan fingerprint density at radius 2 is 1.00 bits per heavy atom. The summed E-state index contributed by atoms with van der Waals surface area (Å²) in [6, 6.07) is 0. The lowest BCUT2D eigenvalue weighted by molar-refractivity contribution is -0.102. The van der Waals surface area contributed by atoms with Crippen LogP contribution in [-0.2, 0) is 4.84 Å². The Morgan fingerprint density at radius 1 is 0.688 bits per heavy atom. The van der Waals surface area contributed by atoms with Gasteiger partial charge in [0.1, 0.15) is 0 Å². The highest BCUT2D eigenvalue weighted by atomic mass is 16.7. The monoisotopic (exact) mass is 232 g/mol. The molecule has 0 aliphatic carbocycles. The van der Waals surface area contributed by atoms with Crippen molar-refractivity contribution in [3.8, 4) is 0 Å². The second-order valence-corrected chi connectivity index (χ2v) is 7.07. The zero-order valence-electron chi connectivity index (χ0n) is 12.9. The lowest BCUT2D eigenvalue weighted by Gasteiger charge is -2.27. The van der Waals surface area contributed by atoms with Crippen LogP contribution in [0.25, 0.3) is 0 Å². The van der Waals surface area contributed by atoms with E-state index in [4.69, 9.17) is 4.84 Å². The Hall–Kier alpha value is -0.120. The highest BCUT2D eigenvalue weighted by Crippen LogP contribution is 2.07. The molecular weight excluding hydrogens is 200 g/mol. The SMILES string of the molecule is CC(C)(C)NOC(C)(C)C.CNC(C)(C)C. The molecule has 0 amide bonds. The summed E-state index contributed by atoms with van der Waals surface area (Å²) in [5.41, 5.74) is 3.18. The molecule has 0 heterocycles. The molecule has 0 aromatic rings. The van der Waals surface area contributed by atoms with Crippen LogP contribution in [0.4, 0.5) is 0 Å². The summed E-state index contributed by atoms with van der Waals surface area (Å²) in [4.78, 5) is 5.34. The van der Waals surface area contributed by atoms with E-state index in [1.807, 2.05) is 27.8 Å². The van der Waals surface area contributed by atoms with Gasteiger partial charge in [-0.3, -0.25) is 4.84 Å². The smallest absolute Gasteiger partial charge is 0.0813 e. The molecule has 0 aromatic heterocycles. The van der Waals surface area contributed by atoms with Crippen molar-refractivity contribution in [3.05, 3.63) is 0 Å². The molecule has 0 saturated carbocycles. The third kappa shape index (κ3) is 23.6. The van der Waals surface area contributed by atoms with Crippen molar-refractivity contribution < 1.29 is 4.84 Å². The Labute approximate surface area is 102 Å². The van der Waals surface area contributed by atoms with E-state index < -0.39 is 0 Å². The molecule has 3 nitrogen and oxygen atoms in total. The average molecular weight is 232 g/mol. The highest BCUT2D eigenvalue weighted by molar-refractivity contribution is 4.66. The van der Waals surface area contributed by atoms with E-state index in [9.17, 15) is 0 Å². The first-order valence-electron chi connectivity index (χ1n) is 5.91. The summed E-state index contributed by atoms with van der Waals surface area (Å²) >= 11 is 0. The number of hydrogen-bond donors (Lipinski definition) is 2. The summed E-state index contributed by atoms with van der Waals surface area (Å²) in [6.45, 7) is 18.7. The third-order valence-corrected chi connectivity index (χ3v) is 1.41. The van der Waals surface area contributed by atoms with E-state index in [0.29, 0.717) is 5.54 Å². The predicted octanol–water partition coefficient (Wildman–Crippen LogP) is 3.11. The highest BCUT2D eigenvalue weighted by Gasteiger charge is 2.15. The summed E-state index contributed by atoms with van der Waals surface area (Å²) in [5.74, 6) is 0. The van der Waals surface area contributed by atoms with Crippen molar-refractivity contribution >= 4 is 0 Å². The number of nitrogens with one attached hydrogen (secondary N) is 2. The maximum absolute atomic E-state index is 5.34. The lowest BCUT2D eigenvalue weighted by Crippen LogP contribution is -2.41. The van der Waals surface area contributed by atoms with Gasteiger partial charge < -0.3 is 5.32 Å². The molecule has 0 saturated heterocycles. The topological polar surface area (TPSA) is 33.3 Å². The largest absolute Gasteiger partial charge is 0.315 e. The van der Waals surface area contributed by atoms with Crippen LogP contribution < -0.4 is 10.8 Å². The minimum atomic E-state index is -0.104. The van der Waals surface area contributed by atoms with Gasteiger partial charge in [-0.25, -0.2) is 0 Å². The minimum Gasteiger partial charge on any atom is -0.315 e. The second-order valence-electron chi connectivity index (χ2n) is 7.07. The van der Waals surface area contributed by atoms with Crippen LogP contribution in [0.5, 0.6) is 0 Å². The maximum atomic E-state index is 5.34. The zero-order chi connectivity index (χ0) is 13.6. The van der Waals surface area contributed by atoms with Gasteiger partial charge in [-0.2, -0.15) is 5.48 Å². The van der Waals surface area contributed by atoms with Crippen molar-refractivity contribution in [2.75, 3.05) is 7.05 Å². The van der Waals surface area contributed by atoms with Gasteiger partial charge in [0.05, 0.1) is 5.60 Å². The van der Waals surface area contributed by atoms with Crippen LogP contribution in [-0.4, -0.2) is 23.7 Å². The fourth-order valence-corrected chi connectivity index (χ4v) is 0.306. The third-order valence-electron chi connectivity index (χ3n) is 1.41. The first-order valence-corrected chi connectivity index (χ1v) is 5.91. The second kappa shape index (κ2) is 6.58. The van der Waals surface area contributed by atoms with Gasteiger partial charge in [-0.1, -0.05) is 0 Å². The van der Waals surface area contributed by atoms with Crippen molar-refractivity contribution in [1.29, 1.82) is 0 Å². The molecule has 0 unspecified atom stereocenters. The van der Waals surface area contributed by atoms with Crippen molar-refractivity contribution in [2.45, 2.75) is 79.0 Å². The Kier molecular flexibility index (Phi) is 7.50. The van der Waals surface area contributed by atoms with Gasteiger partial charge in [0.25, 0.3) is 0 Å². The average Bonchev–Trinajstić information content (AvgIpc) is 1.98. The lowest BCUT2D eigenvalue weighted by atomic mass is 10.1. The number of hydrogen-bond acceptors (Lipinski definition) is 3. The number of hydroxylamine groups is 1. The molecule has 100 valence electrons. The van der Waals surface area contributed by atoms with Gasteiger partial charge in [0, 0.05) is 11.1 Å². The van der Waals surface area contributed by atoms with Gasteiger partial charge in [0.15, 0.2) is 0 Å². The van der Waals surface area contributed by atoms with Crippen LogP contribution in [0, 0.1) is 0 Å². The summed E-state index contributed by atoms with van der Waals surface area (Å²) in [5, 5.41) is 3.10. The molecule has 0 rings (SSSR count). The Bertz CT molecular complexity index is 156. The van der Waals surface area contributed by atoms with Crippen LogP contribution in [0.1, 0.15) is 62.3 Å². The van der Waals surface area contributed by atoms with E-state index in [0.717, 1.165) is 0 Å². The molecule has 16 heavy (non-hydrogen) atoms. The van der Waals surface area contributed by atoms with Crippen molar-refractivity contribution in [1.82, 2.24) is 10.8 Å². The molecule has 0 bridgehead atoms. The maximum Gasteiger partial charge on any atom is 0.0813 e. The molecule has 3 heteroatoms. The Morgan fingerprint density at radius 3 is 1.06 bits per heavy atom. The molecule has 0 radical (unpaired) electrons. The van der Waals surface area contributed by atoms with Crippen LogP contribution in [0.2, 0.25) is 0 Å². The van der Waals surface area contributed by atoms with E-state index in [-0.39, 0.29) is 11.1 Å². The molecule has 2 N–H and O–H groups in total. The van der Waals surface area contributed by atoms with Gasteiger partial charge in [-0.15, -0.1) is 0 Å². The normalized spacial score (nSPS) is 13.1. The van der Waals surface area contributed by atoms with Crippen LogP contribution >= 0.6 is 0 Å². The van der Waals surface area contributed by atoms with E-state index in [1.165, 1.54) is 0 Å². The van der Waals surface area contributed by atoms with Gasteiger partial charge in [-0.05, 0) is 69.4 Å². The van der Waals surface area contributed by atoms with Crippen molar-refractivity contribution in [2.24, 2.45) is 0 Å². The fourth-order valence-electron chi connectivity index (χ4n) is 0.306.